The lowest BCUT2D eigenvalue weighted by molar-refractivity contribution is 0.0477. The van der Waals surface area contributed by atoms with E-state index in [2.05, 4.69) is 15.9 Å². The van der Waals surface area contributed by atoms with Crippen LogP contribution in [-0.4, -0.2) is 5.97 Å². The Morgan fingerprint density at radius 2 is 1.96 bits per heavy atom. The Bertz CT molecular complexity index is 916. The number of esters is 1. The summed E-state index contributed by atoms with van der Waals surface area (Å²) in [7, 11) is 0. The van der Waals surface area contributed by atoms with E-state index >= 15 is 0 Å². The molecule has 0 amide bonds. The molecule has 0 unspecified atom stereocenters. The minimum atomic E-state index is -0.303. The van der Waals surface area contributed by atoms with E-state index in [-0.39, 0.29) is 12.6 Å². The standard InChI is InChI=1S/C19H13BrO3S/c20-15-7-3-1-5-12(15)10-23-19(21)17-9-13-11-22-16-8-4-2-6-14(16)18(13)24-17/h1-9H,10-11H2. The summed E-state index contributed by atoms with van der Waals surface area (Å²) in [6.45, 7) is 0.732. The maximum absolute atomic E-state index is 12.4. The van der Waals surface area contributed by atoms with Crippen LogP contribution in [0.1, 0.15) is 20.8 Å². The topological polar surface area (TPSA) is 35.5 Å². The number of carbonyl (C=O) groups is 1. The average Bonchev–Trinajstić information content (AvgIpc) is 3.05. The van der Waals surface area contributed by atoms with E-state index in [1.165, 1.54) is 11.3 Å². The lowest BCUT2D eigenvalue weighted by atomic mass is 10.1. The molecular formula is C19H13BrO3S. The molecule has 0 radical (unpaired) electrons. The van der Waals surface area contributed by atoms with Crippen molar-refractivity contribution >= 4 is 33.2 Å². The van der Waals surface area contributed by atoms with Crippen molar-refractivity contribution in [3.05, 3.63) is 75.1 Å². The first kappa shape index (κ1) is 15.4. The molecular weight excluding hydrogens is 388 g/mol. The first-order valence-electron chi connectivity index (χ1n) is 7.48. The van der Waals surface area contributed by atoms with E-state index in [1.54, 1.807) is 0 Å². The highest BCUT2D eigenvalue weighted by Crippen LogP contribution is 2.42. The summed E-state index contributed by atoms with van der Waals surface area (Å²) in [5.74, 6) is 0.558. The van der Waals surface area contributed by atoms with Gasteiger partial charge in [0.1, 0.15) is 23.8 Å². The highest BCUT2D eigenvalue weighted by molar-refractivity contribution is 9.10. The van der Waals surface area contributed by atoms with Crippen molar-refractivity contribution in [2.75, 3.05) is 0 Å². The van der Waals surface area contributed by atoms with Crippen LogP contribution in [0.15, 0.2) is 59.1 Å². The molecule has 0 N–H and O–H groups in total. The van der Waals surface area contributed by atoms with Crippen molar-refractivity contribution in [2.24, 2.45) is 0 Å². The number of carbonyl (C=O) groups excluding carboxylic acids is 1. The molecule has 0 fully saturated rings. The number of fused-ring (bicyclic) bond motifs is 3. The van der Waals surface area contributed by atoms with Gasteiger partial charge in [0.05, 0.1) is 0 Å². The fourth-order valence-electron chi connectivity index (χ4n) is 2.63. The summed E-state index contributed by atoms with van der Waals surface area (Å²) in [5, 5.41) is 0. The third-order valence-corrected chi connectivity index (χ3v) is 5.81. The number of para-hydroxylation sites is 1. The maximum atomic E-state index is 12.4. The number of benzene rings is 2. The van der Waals surface area contributed by atoms with Gasteiger partial charge in [-0.3, -0.25) is 0 Å². The quantitative estimate of drug-likeness (QED) is 0.550. The van der Waals surface area contributed by atoms with Crippen LogP contribution < -0.4 is 4.74 Å². The van der Waals surface area contributed by atoms with Gasteiger partial charge >= 0.3 is 5.97 Å². The van der Waals surface area contributed by atoms with Gasteiger partial charge in [-0.25, -0.2) is 4.79 Å². The molecule has 1 aromatic heterocycles. The Labute approximate surface area is 152 Å². The van der Waals surface area contributed by atoms with Crippen molar-refractivity contribution in [3.8, 4) is 16.2 Å². The van der Waals surface area contributed by atoms with Crippen molar-refractivity contribution in [3.63, 3.8) is 0 Å². The molecule has 0 aliphatic carbocycles. The zero-order valence-corrected chi connectivity index (χ0v) is 15.0. The summed E-state index contributed by atoms with van der Waals surface area (Å²) < 4.78 is 12.1. The monoisotopic (exact) mass is 400 g/mol. The summed E-state index contributed by atoms with van der Waals surface area (Å²) in [4.78, 5) is 14.1. The van der Waals surface area contributed by atoms with Gasteiger partial charge in [0.15, 0.2) is 0 Å². The van der Waals surface area contributed by atoms with Gasteiger partial charge in [0.25, 0.3) is 0 Å². The molecule has 0 atom stereocenters. The van der Waals surface area contributed by atoms with E-state index in [1.807, 2.05) is 54.6 Å². The van der Waals surface area contributed by atoms with Gasteiger partial charge in [-0.1, -0.05) is 46.3 Å². The van der Waals surface area contributed by atoms with Crippen LogP contribution in [0.5, 0.6) is 5.75 Å². The number of ether oxygens (including phenoxy) is 2. The van der Waals surface area contributed by atoms with Gasteiger partial charge in [0.2, 0.25) is 0 Å². The number of thiophene rings is 1. The van der Waals surface area contributed by atoms with E-state index in [4.69, 9.17) is 9.47 Å². The molecule has 0 saturated heterocycles. The van der Waals surface area contributed by atoms with Gasteiger partial charge in [-0.05, 0) is 24.3 Å². The van der Waals surface area contributed by atoms with Crippen LogP contribution in [0.4, 0.5) is 0 Å². The minimum Gasteiger partial charge on any atom is -0.488 e. The molecule has 0 saturated carbocycles. The van der Waals surface area contributed by atoms with Gasteiger partial charge < -0.3 is 9.47 Å². The van der Waals surface area contributed by atoms with Gasteiger partial charge in [-0.2, -0.15) is 0 Å². The van der Waals surface area contributed by atoms with E-state index in [0.29, 0.717) is 11.5 Å². The minimum absolute atomic E-state index is 0.246. The molecule has 120 valence electrons. The van der Waals surface area contributed by atoms with Gasteiger partial charge in [0, 0.05) is 26.0 Å². The zero-order chi connectivity index (χ0) is 16.5. The van der Waals surface area contributed by atoms with Crippen LogP contribution in [-0.2, 0) is 18.0 Å². The summed E-state index contributed by atoms with van der Waals surface area (Å²) in [6, 6.07) is 17.5. The maximum Gasteiger partial charge on any atom is 0.348 e. The SMILES string of the molecule is O=C(OCc1ccccc1Br)c1cc2c(s1)-c1ccccc1OC2. The largest absolute Gasteiger partial charge is 0.488 e. The highest BCUT2D eigenvalue weighted by atomic mass is 79.9. The third kappa shape index (κ3) is 2.85. The molecule has 4 rings (SSSR count). The molecule has 5 heteroatoms. The Morgan fingerprint density at radius 1 is 1.17 bits per heavy atom. The lowest BCUT2D eigenvalue weighted by Gasteiger charge is -2.16. The molecule has 2 heterocycles. The average molecular weight is 401 g/mol. The Hall–Kier alpha value is -2.11. The fourth-order valence-corrected chi connectivity index (χ4v) is 4.12. The van der Waals surface area contributed by atoms with Crippen LogP contribution in [0.25, 0.3) is 10.4 Å². The lowest BCUT2D eigenvalue weighted by Crippen LogP contribution is -2.04. The zero-order valence-electron chi connectivity index (χ0n) is 12.6. The van der Waals surface area contributed by atoms with Crippen LogP contribution in [0.3, 0.4) is 0 Å². The number of hydrogen-bond donors (Lipinski definition) is 0. The van der Waals surface area contributed by atoms with Crippen LogP contribution in [0.2, 0.25) is 0 Å². The van der Waals surface area contributed by atoms with Crippen molar-refractivity contribution in [2.45, 2.75) is 13.2 Å². The predicted octanol–water partition coefficient (Wildman–Crippen LogP) is 5.43. The van der Waals surface area contributed by atoms with Crippen LogP contribution >= 0.6 is 27.3 Å². The second kappa shape index (κ2) is 6.42. The second-order valence-electron chi connectivity index (χ2n) is 5.42. The number of rotatable bonds is 3. The van der Waals surface area contributed by atoms with Crippen molar-refractivity contribution in [1.82, 2.24) is 0 Å². The Morgan fingerprint density at radius 3 is 2.83 bits per heavy atom. The molecule has 24 heavy (non-hydrogen) atoms. The third-order valence-electron chi connectivity index (χ3n) is 3.84. The van der Waals surface area contributed by atoms with Gasteiger partial charge in [-0.15, -0.1) is 11.3 Å². The van der Waals surface area contributed by atoms with Crippen molar-refractivity contribution < 1.29 is 14.3 Å². The molecule has 2 aromatic carbocycles. The van der Waals surface area contributed by atoms with E-state index in [9.17, 15) is 4.79 Å². The molecule has 1 aliphatic heterocycles. The number of hydrogen-bond acceptors (Lipinski definition) is 4. The summed E-state index contributed by atoms with van der Waals surface area (Å²) in [6.07, 6.45) is 0. The first-order valence-corrected chi connectivity index (χ1v) is 9.09. The van der Waals surface area contributed by atoms with E-state index < -0.39 is 0 Å². The fraction of sp³-hybridized carbons (Fsp3) is 0.105. The normalized spacial score (nSPS) is 12.0. The second-order valence-corrected chi connectivity index (χ2v) is 7.32. The molecule has 0 bridgehead atoms. The number of halogens is 1. The van der Waals surface area contributed by atoms with Crippen molar-refractivity contribution in [1.29, 1.82) is 0 Å². The highest BCUT2D eigenvalue weighted by Gasteiger charge is 2.23. The molecule has 1 aliphatic rings. The first-order chi connectivity index (χ1) is 11.7. The van der Waals surface area contributed by atoms with Crippen LogP contribution in [0, 0.1) is 0 Å². The molecule has 0 spiro atoms. The predicted molar refractivity (Wildman–Crippen MR) is 97.3 cm³/mol. The van der Waals surface area contributed by atoms with E-state index in [0.717, 1.165) is 31.8 Å². The Balaban J connectivity index is 1.55. The molecule has 3 nitrogen and oxygen atoms in total. The summed E-state index contributed by atoms with van der Waals surface area (Å²) in [5.41, 5.74) is 3.01. The summed E-state index contributed by atoms with van der Waals surface area (Å²) >= 11 is 4.92. The smallest absolute Gasteiger partial charge is 0.348 e. The Kier molecular flexibility index (Phi) is 4.12. The molecule has 3 aromatic rings.